The van der Waals surface area contributed by atoms with Crippen molar-refractivity contribution in [3.63, 3.8) is 0 Å². The van der Waals surface area contributed by atoms with Crippen LogP contribution in [0.15, 0.2) is 149 Å². The second-order valence-electron chi connectivity index (χ2n) is 15.1. The maximum atomic E-state index is 9.42. The van der Waals surface area contributed by atoms with E-state index in [1.807, 2.05) is 97.2 Å². The Morgan fingerprint density at radius 3 is 1.69 bits per heavy atom. The second kappa shape index (κ2) is 27.5. The Labute approximate surface area is 420 Å². The number of hydrogen-bond acceptors (Lipinski definition) is 20. The van der Waals surface area contributed by atoms with E-state index in [1.165, 1.54) is 0 Å². The Bertz CT molecular complexity index is 2910. The van der Waals surface area contributed by atoms with Crippen LogP contribution in [0.5, 0.6) is 0 Å². The standard InChI is InChI=1S/C49H56N18O2S2/c1-4-11-41(38-12-7-9-14-40(38)50-5-2)65-63-36-20-16-34(17-21-36)55-48-59-44(51-25-30-68)57-46(61-48)53-27-32-70-71-33-28-54-47-58-45(52-26-31-69)60-49(62-47)56-35-18-22-37(23-19-35)64-66-42-24-29-67(6-3)43-15-10-8-13-39(42)43/h4,7-24,29,50,68-69H,1,5-6,25-28,30-33H2,2-3H3,(H5,51,52,53,54,55,57,58,59,60,61,62,65)/p+2/b41-11+. The molecule has 0 saturated heterocycles. The highest BCUT2D eigenvalue weighted by Gasteiger charge is 2.13. The number of hydrogen-bond donors (Lipinski definition) is 9. The number of aryl methyl sites for hydroxylation is 1. The van der Waals surface area contributed by atoms with Crippen molar-refractivity contribution in [1.82, 2.24) is 29.9 Å². The third-order valence-electron chi connectivity index (χ3n) is 10.1. The molecule has 0 radical (unpaired) electrons. The molecule has 0 fully saturated rings. The third-order valence-corrected chi connectivity index (χ3v) is 12.5. The first-order valence-electron chi connectivity index (χ1n) is 23.1. The molecule has 7 rings (SSSR count). The van der Waals surface area contributed by atoms with E-state index in [-0.39, 0.29) is 26.3 Å². The first-order chi connectivity index (χ1) is 34.9. The molecule has 0 atom stereocenters. The fourth-order valence-electron chi connectivity index (χ4n) is 6.80. The number of nitrogens with zero attached hydrogens (tertiary/aromatic N) is 11. The zero-order valence-corrected chi connectivity index (χ0v) is 41.2. The summed E-state index contributed by atoms with van der Waals surface area (Å²) in [6.45, 7) is 11.4. The Hall–Kier alpha value is -7.63. The Kier molecular flexibility index (Phi) is 19.9. The number of nitrogens with one attached hydrogen (secondary N) is 6. The molecule has 71 heavy (non-hydrogen) atoms. The van der Waals surface area contributed by atoms with Gasteiger partial charge in [0, 0.05) is 61.2 Å². The first kappa shape index (κ1) is 51.2. The lowest BCUT2D eigenvalue weighted by atomic mass is 10.1. The Balaban J connectivity index is 0.875. The number of aromatic nitrogens is 7. The number of pyridine rings is 1. The lowest BCUT2D eigenvalue weighted by molar-refractivity contribution is -0.667. The number of benzene rings is 4. The summed E-state index contributed by atoms with van der Waals surface area (Å²) in [6, 6.07) is 33.2. The number of nitrogens with two attached hydrogens (primary N) is 1. The van der Waals surface area contributed by atoms with E-state index in [1.54, 1.807) is 27.7 Å². The highest BCUT2D eigenvalue weighted by Crippen LogP contribution is 2.29. The molecular formula is C49H58N18O2S2+2. The van der Waals surface area contributed by atoms with Gasteiger partial charge in [0.15, 0.2) is 6.20 Å². The van der Waals surface area contributed by atoms with E-state index in [9.17, 15) is 10.2 Å². The molecule has 0 unspecified atom stereocenters. The highest BCUT2D eigenvalue weighted by molar-refractivity contribution is 8.76. The normalized spacial score (nSPS) is 11.6. The van der Waals surface area contributed by atoms with Crippen molar-refractivity contribution in [2.75, 3.05) is 89.3 Å². The van der Waals surface area contributed by atoms with E-state index in [0.717, 1.165) is 63.8 Å². The number of aliphatic hydroxyl groups is 2. The second-order valence-corrected chi connectivity index (χ2v) is 17.8. The van der Waals surface area contributed by atoms with Gasteiger partial charge in [-0.2, -0.15) is 44.7 Å². The molecule has 0 saturated carbocycles. The number of para-hydroxylation sites is 2. The molecule has 3 aromatic heterocycles. The Morgan fingerprint density at radius 1 is 0.620 bits per heavy atom. The van der Waals surface area contributed by atoms with Crippen molar-refractivity contribution in [2.24, 2.45) is 20.5 Å². The number of rotatable bonds is 28. The van der Waals surface area contributed by atoms with Gasteiger partial charge in [-0.1, -0.05) is 58.5 Å². The van der Waals surface area contributed by atoms with Gasteiger partial charge in [-0.15, -0.1) is 10.2 Å². The van der Waals surface area contributed by atoms with Crippen LogP contribution in [0, 0.1) is 0 Å². The van der Waals surface area contributed by atoms with Crippen LogP contribution in [0.3, 0.4) is 0 Å². The molecule has 0 bridgehead atoms. The summed E-state index contributed by atoms with van der Waals surface area (Å²) < 4.78 is 2.18. The van der Waals surface area contributed by atoms with Gasteiger partial charge >= 0.3 is 0 Å². The Morgan fingerprint density at radius 2 is 1.14 bits per heavy atom. The average molecular weight is 995 g/mol. The minimum atomic E-state index is -0.0773. The molecule has 0 aliphatic heterocycles. The molecule has 7 aromatic rings. The number of aliphatic hydroxyl groups excluding tert-OH is 2. The molecule has 22 heteroatoms. The maximum absolute atomic E-state index is 9.42. The van der Waals surface area contributed by atoms with Crippen LogP contribution in [0.1, 0.15) is 19.4 Å². The first-order valence-corrected chi connectivity index (χ1v) is 25.6. The van der Waals surface area contributed by atoms with Crippen LogP contribution < -0.4 is 41.8 Å². The van der Waals surface area contributed by atoms with Crippen molar-refractivity contribution in [2.45, 2.75) is 20.4 Å². The summed E-state index contributed by atoms with van der Waals surface area (Å²) in [5, 5.41) is 59.2. The van der Waals surface area contributed by atoms with Gasteiger partial charge in [-0.3, -0.25) is 0 Å². The van der Waals surface area contributed by atoms with Crippen molar-refractivity contribution in [1.29, 1.82) is 0 Å². The summed E-state index contributed by atoms with van der Waals surface area (Å²) in [6.07, 6.45) is 5.58. The van der Waals surface area contributed by atoms with Crippen molar-refractivity contribution < 1.29 is 20.1 Å². The molecule has 0 aliphatic carbocycles. The van der Waals surface area contributed by atoms with E-state index in [0.29, 0.717) is 65.9 Å². The molecule has 20 nitrogen and oxygen atoms in total. The van der Waals surface area contributed by atoms with E-state index in [2.05, 4.69) is 131 Å². The molecule has 0 spiro atoms. The quantitative estimate of drug-likeness (QED) is 0.00555. The maximum Gasteiger partial charge on any atom is 0.233 e. The third kappa shape index (κ3) is 15.7. The lowest BCUT2D eigenvalue weighted by Crippen LogP contribution is -2.77. The van der Waals surface area contributed by atoms with Crippen LogP contribution in [-0.2, 0) is 6.54 Å². The summed E-state index contributed by atoms with van der Waals surface area (Å²) in [5.74, 6) is 3.62. The number of fused-ring (bicyclic) bond motifs is 1. The number of allylic oxidation sites excluding steroid dienone is 2. The van der Waals surface area contributed by atoms with E-state index >= 15 is 0 Å². The van der Waals surface area contributed by atoms with Gasteiger partial charge in [0.2, 0.25) is 41.2 Å². The van der Waals surface area contributed by atoms with Gasteiger partial charge in [0.05, 0.1) is 47.8 Å². The molecule has 0 amide bonds. The zero-order valence-electron chi connectivity index (χ0n) is 39.5. The summed E-state index contributed by atoms with van der Waals surface area (Å²) in [7, 11) is 3.40. The van der Waals surface area contributed by atoms with Crippen LogP contribution in [0.2, 0.25) is 0 Å². The monoisotopic (exact) mass is 994 g/mol. The average Bonchev–Trinajstić information content (AvgIpc) is 3.39. The van der Waals surface area contributed by atoms with Gasteiger partial charge in [-0.05, 0) is 86.7 Å². The summed E-state index contributed by atoms with van der Waals surface area (Å²) in [5.41, 5.74) is 7.57. The van der Waals surface area contributed by atoms with E-state index < -0.39 is 0 Å². The van der Waals surface area contributed by atoms with Gasteiger partial charge in [-0.25, -0.2) is 0 Å². The minimum Gasteiger partial charge on any atom is -0.395 e. The van der Waals surface area contributed by atoms with Gasteiger partial charge in [0.1, 0.15) is 17.9 Å². The molecule has 10 N–H and O–H groups in total. The van der Waals surface area contributed by atoms with Crippen LogP contribution in [0.25, 0.3) is 16.6 Å². The van der Waals surface area contributed by atoms with Crippen LogP contribution in [-0.4, -0.2) is 97.6 Å². The number of quaternary nitrogens is 1. The fraction of sp³-hybridized carbons (Fsp3) is 0.245. The lowest BCUT2D eigenvalue weighted by Gasteiger charge is -2.11. The van der Waals surface area contributed by atoms with Gasteiger partial charge in [0.25, 0.3) is 0 Å². The largest absolute Gasteiger partial charge is 0.395 e. The SMILES string of the molecule is C=C/C=C(/N=Nc1ccc(Nc2nc(NCCO)nc(NCCSSCCNc3nc(NCCO)nc(Nc4ccc(N=Nc5cc[n+](CC)c6ccccc56)cc4)n3)n2)cc1)c1ccccc1[NH2+]CC. The molecule has 4 aromatic carbocycles. The minimum absolute atomic E-state index is 0.0740. The molecule has 366 valence electrons. The smallest absolute Gasteiger partial charge is 0.233 e. The van der Waals surface area contributed by atoms with Crippen molar-refractivity contribution in [3.8, 4) is 0 Å². The summed E-state index contributed by atoms with van der Waals surface area (Å²) in [4.78, 5) is 27.1. The predicted octanol–water partition coefficient (Wildman–Crippen LogP) is 8.66. The number of azo groups is 2. The van der Waals surface area contributed by atoms with E-state index in [4.69, 9.17) is 0 Å². The summed E-state index contributed by atoms with van der Waals surface area (Å²) >= 11 is 0. The molecular weight excluding hydrogens is 937 g/mol. The predicted molar refractivity (Wildman–Crippen MR) is 287 cm³/mol. The van der Waals surface area contributed by atoms with Crippen LogP contribution in [0.4, 0.5) is 69.8 Å². The zero-order chi connectivity index (χ0) is 49.5. The fourth-order valence-corrected chi connectivity index (χ4v) is 8.61. The van der Waals surface area contributed by atoms with Crippen molar-refractivity contribution >= 4 is 108 Å². The van der Waals surface area contributed by atoms with Gasteiger partial charge < -0.3 is 47.4 Å². The van der Waals surface area contributed by atoms with Crippen LogP contribution >= 0.6 is 21.6 Å². The highest BCUT2D eigenvalue weighted by atomic mass is 33.1. The topological polar surface area (TPSA) is 260 Å². The molecule has 3 heterocycles. The number of anilines is 8. The van der Waals surface area contributed by atoms with Crippen molar-refractivity contribution in [3.05, 3.63) is 134 Å². The molecule has 0 aliphatic rings.